The highest BCUT2D eigenvalue weighted by molar-refractivity contribution is 5.78. The van der Waals surface area contributed by atoms with E-state index in [0.29, 0.717) is 22.0 Å². The normalized spacial score (nSPS) is 10.9. The third kappa shape index (κ3) is 2.32. The van der Waals surface area contributed by atoms with Gasteiger partial charge in [-0.1, -0.05) is 18.2 Å². The summed E-state index contributed by atoms with van der Waals surface area (Å²) in [5.41, 5.74) is 1.13. The quantitative estimate of drug-likeness (QED) is 0.761. The van der Waals surface area contributed by atoms with Crippen LogP contribution in [0.5, 0.6) is 0 Å². The Kier molecular flexibility index (Phi) is 3.06. The molecule has 0 radical (unpaired) electrons. The van der Waals surface area contributed by atoms with Crippen molar-refractivity contribution in [3.05, 3.63) is 81.6 Å². The van der Waals surface area contributed by atoms with Gasteiger partial charge in [0.1, 0.15) is 11.6 Å². The molecule has 0 aliphatic carbocycles. The van der Waals surface area contributed by atoms with Crippen molar-refractivity contribution in [2.24, 2.45) is 0 Å². The van der Waals surface area contributed by atoms with Gasteiger partial charge in [0.15, 0.2) is 0 Å². The largest absolute Gasteiger partial charge is 0.322 e. The highest BCUT2D eigenvalue weighted by atomic mass is 19.1. The Bertz CT molecular complexity index is 839. The summed E-state index contributed by atoms with van der Waals surface area (Å²) < 4.78 is 26.8. The van der Waals surface area contributed by atoms with Crippen LogP contribution in [-0.4, -0.2) is 4.98 Å². The lowest BCUT2D eigenvalue weighted by atomic mass is 10.0. The molecule has 0 aliphatic heterocycles. The van der Waals surface area contributed by atoms with Crippen LogP contribution in [0, 0.1) is 11.6 Å². The number of aromatic amines is 1. The fraction of sp³-hybridized carbons (Fsp3) is 0.0625. The van der Waals surface area contributed by atoms with E-state index in [9.17, 15) is 13.6 Å². The molecule has 100 valence electrons. The van der Waals surface area contributed by atoms with E-state index in [1.807, 2.05) is 0 Å². The first-order valence-corrected chi connectivity index (χ1v) is 6.18. The van der Waals surface area contributed by atoms with Crippen molar-refractivity contribution >= 4 is 10.9 Å². The van der Waals surface area contributed by atoms with Crippen LogP contribution < -0.4 is 5.56 Å². The molecule has 0 saturated carbocycles. The van der Waals surface area contributed by atoms with Gasteiger partial charge in [0.25, 0.3) is 5.56 Å². The molecule has 3 aromatic rings. The third-order valence-corrected chi connectivity index (χ3v) is 3.22. The number of H-pyrrole nitrogens is 1. The van der Waals surface area contributed by atoms with Gasteiger partial charge in [0, 0.05) is 22.9 Å². The van der Waals surface area contributed by atoms with Crippen LogP contribution in [-0.2, 0) is 6.42 Å². The molecule has 0 amide bonds. The topological polar surface area (TPSA) is 32.9 Å². The number of halogens is 2. The number of fused-ring (bicyclic) bond motifs is 1. The van der Waals surface area contributed by atoms with Crippen molar-refractivity contribution in [2.75, 3.05) is 0 Å². The molecule has 1 aromatic heterocycles. The summed E-state index contributed by atoms with van der Waals surface area (Å²) in [6.07, 6.45) is 0.175. The van der Waals surface area contributed by atoms with Gasteiger partial charge in [-0.2, -0.15) is 0 Å². The molecule has 0 aliphatic rings. The molecular weight excluding hydrogens is 260 g/mol. The maximum Gasteiger partial charge on any atom is 0.251 e. The summed E-state index contributed by atoms with van der Waals surface area (Å²) in [5, 5.41) is 0.593. The first-order chi connectivity index (χ1) is 9.63. The van der Waals surface area contributed by atoms with Crippen LogP contribution in [0.4, 0.5) is 8.78 Å². The highest BCUT2D eigenvalue weighted by Gasteiger charge is 2.07. The molecule has 1 N–H and O–H groups in total. The number of hydrogen-bond donors (Lipinski definition) is 1. The summed E-state index contributed by atoms with van der Waals surface area (Å²) in [6.45, 7) is 0. The van der Waals surface area contributed by atoms with Gasteiger partial charge >= 0.3 is 0 Å². The Hall–Kier alpha value is -2.49. The number of nitrogens with one attached hydrogen (secondary N) is 1. The Morgan fingerprint density at radius 1 is 0.950 bits per heavy atom. The van der Waals surface area contributed by atoms with Crippen LogP contribution in [0.1, 0.15) is 11.1 Å². The minimum Gasteiger partial charge on any atom is -0.322 e. The van der Waals surface area contributed by atoms with Crippen molar-refractivity contribution in [3.63, 3.8) is 0 Å². The van der Waals surface area contributed by atoms with Crippen LogP contribution >= 0.6 is 0 Å². The predicted molar refractivity (Wildman–Crippen MR) is 73.7 cm³/mol. The maximum atomic E-state index is 13.6. The van der Waals surface area contributed by atoms with Crippen molar-refractivity contribution in [1.29, 1.82) is 0 Å². The molecule has 0 unspecified atom stereocenters. The van der Waals surface area contributed by atoms with Gasteiger partial charge in [0.2, 0.25) is 0 Å². The lowest BCUT2D eigenvalue weighted by molar-refractivity contribution is 0.613. The van der Waals surface area contributed by atoms with Crippen LogP contribution in [0.25, 0.3) is 10.9 Å². The summed E-state index contributed by atoms with van der Waals surface area (Å²) >= 11 is 0. The minimum absolute atomic E-state index is 0.175. The Morgan fingerprint density at radius 2 is 1.75 bits per heavy atom. The van der Waals surface area contributed by atoms with Crippen LogP contribution in [0.15, 0.2) is 53.3 Å². The zero-order valence-electron chi connectivity index (χ0n) is 10.5. The summed E-state index contributed by atoms with van der Waals surface area (Å²) in [5.74, 6) is -0.729. The third-order valence-electron chi connectivity index (χ3n) is 3.22. The van der Waals surface area contributed by atoms with Gasteiger partial charge in [-0.25, -0.2) is 8.78 Å². The van der Waals surface area contributed by atoms with E-state index in [-0.39, 0.29) is 23.6 Å². The molecule has 0 fully saturated rings. The molecular formula is C16H11F2NO. The molecule has 2 aromatic carbocycles. The number of aromatic nitrogens is 1. The van der Waals surface area contributed by atoms with Gasteiger partial charge in [-0.15, -0.1) is 0 Å². The predicted octanol–water partition coefficient (Wildman–Crippen LogP) is 3.40. The van der Waals surface area contributed by atoms with Crippen molar-refractivity contribution in [2.45, 2.75) is 6.42 Å². The van der Waals surface area contributed by atoms with Crippen molar-refractivity contribution < 1.29 is 8.78 Å². The maximum absolute atomic E-state index is 13.6. The summed E-state index contributed by atoms with van der Waals surface area (Å²) in [4.78, 5) is 14.6. The van der Waals surface area contributed by atoms with Crippen molar-refractivity contribution in [3.8, 4) is 0 Å². The highest BCUT2D eigenvalue weighted by Crippen LogP contribution is 2.16. The fourth-order valence-electron chi connectivity index (χ4n) is 2.20. The van der Waals surface area contributed by atoms with Gasteiger partial charge in [-0.05, 0) is 35.9 Å². The molecule has 0 spiro atoms. The first-order valence-electron chi connectivity index (χ1n) is 6.18. The van der Waals surface area contributed by atoms with E-state index < -0.39 is 0 Å². The monoisotopic (exact) mass is 271 g/mol. The smallest absolute Gasteiger partial charge is 0.251 e. The summed E-state index contributed by atoms with van der Waals surface area (Å²) in [7, 11) is 0. The van der Waals surface area contributed by atoms with Crippen molar-refractivity contribution in [1.82, 2.24) is 4.98 Å². The lowest BCUT2D eigenvalue weighted by Gasteiger charge is -2.05. The number of hydrogen-bond acceptors (Lipinski definition) is 1. The second kappa shape index (κ2) is 4.89. The van der Waals surface area contributed by atoms with E-state index in [4.69, 9.17) is 0 Å². The average Bonchev–Trinajstić information content (AvgIpc) is 2.42. The average molecular weight is 271 g/mol. The minimum atomic E-state index is -0.374. The van der Waals surface area contributed by atoms with Gasteiger partial charge < -0.3 is 4.98 Å². The Balaban J connectivity index is 2.10. The molecule has 4 heteroatoms. The van der Waals surface area contributed by atoms with E-state index in [1.165, 1.54) is 24.3 Å². The van der Waals surface area contributed by atoms with E-state index in [0.717, 1.165) is 0 Å². The molecule has 3 rings (SSSR count). The zero-order valence-corrected chi connectivity index (χ0v) is 10.5. The van der Waals surface area contributed by atoms with E-state index in [1.54, 1.807) is 24.3 Å². The second-order valence-corrected chi connectivity index (χ2v) is 4.62. The van der Waals surface area contributed by atoms with Gasteiger partial charge in [-0.3, -0.25) is 4.79 Å². The van der Waals surface area contributed by atoms with E-state index in [2.05, 4.69) is 4.98 Å². The molecule has 2 nitrogen and oxygen atoms in total. The second-order valence-electron chi connectivity index (χ2n) is 4.62. The molecule has 1 heterocycles. The molecule has 20 heavy (non-hydrogen) atoms. The SMILES string of the molecule is O=c1[nH]c2ccc(F)cc2cc1Cc1ccccc1F. The Labute approximate surface area is 113 Å². The fourth-order valence-corrected chi connectivity index (χ4v) is 2.20. The number of rotatable bonds is 2. The molecule has 0 saturated heterocycles. The number of benzene rings is 2. The lowest BCUT2D eigenvalue weighted by Crippen LogP contribution is -2.13. The van der Waals surface area contributed by atoms with Crippen LogP contribution in [0.2, 0.25) is 0 Å². The zero-order chi connectivity index (χ0) is 14.1. The molecule has 0 atom stereocenters. The standard InChI is InChI=1S/C16H11F2NO/c17-13-5-6-15-11(9-13)8-12(16(20)19-15)7-10-3-1-2-4-14(10)18/h1-6,8-9H,7H2,(H,19,20). The van der Waals surface area contributed by atoms with Gasteiger partial charge in [0.05, 0.1) is 0 Å². The molecule has 0 bridgehead atoms. The van der Waals surface area contributed by atoms with Crippen LogP contribution in [0.3, 0.4) is 0 Å². The first kappa shape index (κ1) is 12.5. The number of pyridine rings is 1. The summed E-state index contributed by atoms with van der Waals surface area (Å²) in [6, 6.07) is 12.0. The van der Waals surface area contributed by atoms with E-state index >= 15 is 0 Å². The Morgan fingerprint density at radius 3 is 2.55 bits per heavy atom.